The van der Waals surface area contributed by atoms with Crippen LogP contribution in [0.3, 0.4) is 0 Å². The molecule has 1 aliphatic rings. The van der Waals surface area contributed by atoms with Gasteiger partial charge in [0.2, 0.25) is 0 Å². The van der Waals surface area contributed by atoms with Crippen LogP contribution < -0.4 is 20.1 Å². The SMILES string of the molecule is COc1cc2c(NC(=O)Nc3c(F)cccc3F)cccc2cc1OCC1CCN(C)CC1. The molecule has 2 amide bonds. The standard InChI is InChI=1S/C25H27F2N3O3/c1-30-11-9-16(10-12-30)15-33-23-13-17-5-3-8-21(18(17)14-22(23)32-2)28-25(31)29-24-19(26)6-4-7-20(24)27/h3-8,13-14,16H,9-12,15H2,1-2H3,(H2,28,29,31). The number of halogens is 2. The summed E-state index contributed by atoms with van der Waals surface area (Å²) in [6.45, 7) is 2.75. The van der Waals surface area contributed by atoms with Crippen LogP contribution in [0.4, 0.5) is 25.0 Å². The molecule has 0 spiro atoms. The predicted molar refractivity (Wildman–Crippen MR) is 125 cm³/mol. The minimum atomic E-state index is -0.851. The second kappa shape index (κ2) is 10.0. The lowest BCUT2D eigenvalue weighted by molar-refractivity contribution is 0.157. The summed E-state index contributed by atoms with van der Waals surface area (Å²) in [5.41, 5.74) is -0.0284. The summed E-state index contributed by atoms with van der Waals surface area (Å²) in [5.74, 6) is -0.0199. The van der Waals surface area contributed by atoms with Crippen LogP contribution in [0.25, 0.3) is 10.8 Å². The van der Waals surface area contributed by atoms with E-state index in [1.165, 1.54) is 6.07 Å². The van der Waals surface area contributed by atoms with Crippen LogP contribution in [0, 0.1) is 17.6 Å². The Morgan fingerprint density at radius 1 is 1.03 bits per heavy atom. The normalized spacial score (nSPS) is 14.8. The molecule has 6 nitrogen and oxygen atoms in total. The maximum Gasteiger partial charge on any atom is 0.323 e. The molecule has 1 saturated heterocycles. The molecule has 0 radical (unpaired) electrons. The quantitative estimate of drug-likeness (QED) is 0.516. The van der Waals surface area contributed by atoms with E-state index in [-0.39, 0.29) is 0 Å². The Kier molecular flexibility index (Phi) is 6.93. The average molecular weight is 456 g/mol. The highest BCUT2D eigenvalue weighted by Gasteiger charge is 2.19. The Labute approximate surface area is 191 Å². The molecule has 0 unspecified atom stereocenters. The number of carbonyl (C=O) groups is 1. The fourth-order valence-electron chi connectivity index (χ4n) is 3.99. The van der Waals surface area contributed by atoms with Crippen molar-refractivity contribution in [2.45, 2.75) is 12.8 Å². The number of hydrogen-bond donors (Lipinski definition) is 2. The first-order valence-corrected chi connectivity index (χ1v) is 10.9. The first kappa shape index (κ1) is 22.8. The average Bonchev–Trinajstić information content (AvgIpc) is 2.81. The third-order valence-corrected chi connectivity index (χ3v) is 5.93. The monoisotopic (exact) mass is 455 g/mol. The van der Waals surface area contributed by atoms with Crippen LogP contribution in [0.1, 0.15) is 12.8 Å². The van der Waals surface area contributed by atoms with Crippen molar-refractivity contribution < 1.29 is 23.0 Å². The first-order valence-electron chi connectivity index (χ1n) is 10.9. The number of anilines is 2. The molecule has 3 aromatic rings. The smallest absolute Gasteiger partial charge is 0.323 e. The minimum absolute atomic E-state index is 0.474. The molecule has 33 heavy (non-hydrogen) atoms. The summed E-state index contributed by atoms with van der Waals surface area (Å²) in [5, 5.41) is 6.44. The van der Waals surface area contributed by atoms with Crippen molar-refractivity contribution in [2.24, 2.45) is 5.92 Å². The Morgan fingerprint density at radius 3 is 2.42 bits per heavy atom. The van der Waals surface area contributed by atoms with Gasteiger partial charge in [-0.05, 0) is 74.6 Å². The van der Waals surface area contributed by atoms with Gasteiger partial charge < -0.3 is 25.0 Å². The van der Waals surface area contributed by atoms with E-state index in [0.717, 1.165) is 43.5 Å². The van der Waals surface area contributed by atoms with E-state index in [4.69, 9.17) is 9.47 Å². The van der Waals surface area contributed by atoms with Gasteiger partial charge in [0, 0.05) is 5.39 Å². The Balaban J connectivity index is 1.52. The van der Waals surface area contributed by atoms with E-state index in [0.29, 0.717) is 35.1 Å². The number of nitrogens with one attached hydrogen (secondary N) is 2. The summed E-state index contributed by atoms with van der Waals surface area (Å²) in [6.07, 6.45) is 2.19. The molecule has 0 aliphatic carbocycles. The maximum atomic E-state index is 13.9. The summed E-state index contributed by atoms with van der Waals surface area (Å²) in [4.78, 5) is 14.8. The number of nitrogens with zero attached hydrogens (tertiary/aromatic N) is 1. The highest BCUT2D eigenvalue weighted by molar-refractivity contribution is 6.06. The fraction of sp³-hybridized carbons (Fsp3) is 0.320. The number of likely N-dealkylation sites (tertiary alicyclic amines) is 1. The topological polar surface area (TPSA) is 62.8 Å². The number of hydrogen-bond acceptors (Lipinski definition) is 4. The van der Waals surface area contributed by atoms with Gasteiger partial charge in [-0.15, -0.1) is 0 Å². The number of methoxy groups -OCH3 is 1. The van der Waals surface area contributed by atoms with Crippen LogP contribution in [0.2, 0.25) is 0 Å². The van der Waals surface area contributed by atoms with Gasteiger partial charge in [-0.2, -0.15) is 0 Å². The van der Waals surface area contributed by atoms with E-state index in [2.05, 4.69) is 22.6 Å². The highest BCUT2D eigenvalue weighted by Crippen LogP contribution is 2.36. The number of para-hydroxylation sites is 1. The summed E-state index contributed by atoms with van der Waals surface area (Å²) in [6, 6.07) is 11.7. The maximum absolute atomic E-state index is 13.9. The number of carbonyl (C=O) groups excluding carboxylic acids is 1. The van der Waals surface area contributed by atoms with E-state index in [1.54, 1.807) is 25.3 Å². The van der Waals surface area contributed by atoms with Gasteiger partial charge >= 0.3 is 6.03 Å². The zero-order chi connectivity index (χ0) is 23.4. The number of rotatable bonds is 6. The van der Waals surface area contributed by atoms with E-state index in [9.17, 15) is 13.6 Å². The zero-order valence-electron chi connectivity index (χ0n) is 18.7. The minimum Gasteiger partial charge on any atom is -0.493 e. The fourth-order valence-corrected chi connectivity index (χ4v) is 3.99. The van der Waals surface area contributed by atoms with Crippen LogP contribution in [0.15, 0.2) is 48.5 Å². The Morgan fingerprint density at radius 2 is 1.73 bits per heavy atom. The van der Waals surface area contributed by atoms with Crippen LogP contribution >= 0.6 is 0 Å². The van der Waals surface area contributed by atoms with Crippen molar-refractivity contribution in [3.8, 4) is 11.5 Å². The van der Waals surface area contributed by atoms with E-state index < -0.39 is 23.4 Å². The van der Waals surface area contributed by atoms with Gasteiger partial charge in [-0.1, -0.05) is 18.2 Å². The summed E-state index contributed by atoms with van der Waals surface area (Å²) >= 11 is 0. The second-order valence-corrected chi connectivity index (χ2v) is 8.26. The molecule has 1 aliphatic heterocycles. The van der Waals surface area contributed by atoms with E-state index >= 15 is 0 Å². The molecular formula is C25H27F2N3O3. The number of urea groups is 1. The lowest BCUT2D eigenvalue weighted by atomic mass is 9.98. The van der Waals surface area contributed by atoms with Crippen LogP contribution in [0.5, 0.6) is 11.5 Å². The number of benzene rings is 3. The summed E-state index contributed by atoms with van der Waals surface area (Å²) < 4.78 is 39.4. The van der Waals surface area contributed by atoms with Crippen molar-refractivity contribution in [2.75, 3.05) is 44.5 Å². The lowest BCUT2D eigenvalue weighted by Gasteiger charge is -2.29. The van der Waals surface area contributed by atoms with Gasteiger partial charge in [-0.25, -0.2) is 13.6 Å². The third kappa shape index (κ3) is 5.34. The Bertz CT molecular complexity index is 1130. The Hall–Kier alpha value is -3.39. The molecule has 8 heteroatoms. The zero-order valence-corrected chi connectivity index (χ0v) is 18.7. The molecular weight excluding hydrogens is 428 g/mol. The number of ether oxygens (including phenoxy) is 2. The molecule has 1 fully saturated rings. The van der Waals surface area contributed by atoms with Crippen molar-refractivity contribution >= 4 is 28.2 Å². The molecule has 1 heterocycles. The number of amides is 2. The molecule has 2 N–H and O–H groups in total. The molecule has 0 atom stereocenters. The summed E-state index contributed by atoms with van der Waals surface area (Å²) in [7, 11) is 3.69. The number of piperidine rings is 1. The highest BCUT2D eigenvalue weighted by atomic mass is 19.1. The van der Waals surface area contributed by atoms with Gasteiger partial charge in [0.25, 0.3) is 0 Å². The van der Waals surface area contributed by atoms with Crippen LogP contribution in [-0.2, 0) is 0 Å². The molecule has 4 rings (SSSR count). The molecule has 3 aromatic carbocycles. The number of fused-ring (bicyclic) bond motifs is 1. The van der Waals surface area contributed by atoms with Crippen molar-refractivity contribution in [1.82, 2.24) is 4.90 Å². The predicted octanol–water partition coefficient (Wildman–Crippen LogP) is 5.49. The van der Waals surface area contributed by atoms with Crippen molar-refractivity contribution in [3.63, 3.8) is 0 Å². The second-order valence-electron chi connectivity index (χ2n) is 8.26. The first-order chi connectivity index (χ1) is 15.9. The van der Waals surface area contributed by atoms with Gasteiger partial charge in [0.05, 0.1) is 19.4 Å². The molecule has 174 valence electrons. The van der Waals surface area contributed by atoms with Crippen LogP contribution in [-0.4, -0.2) is 44.8 Å². The van der Waals surface area contributed by atoms with Crippen molar-refractivity contribution in [1.29, 1.82) is 0 Å². The molecule has 0 saturated carbocycles. The van der Waals surface area contributed by atoms with E-state index in [1.807, 2.05) is 12.1 Å². The molecule has 0 aromatic heterocycles. The van der Waals surface area contributed by atoms with Gasteiger partial charge in [-0.3, -0.25) is 0 Å². The third-order valence-electron chi connectivity index (χ3n) is 5.93. The van der Waals surface area contributed by atoms with Gasteiger partial charge in [0.15, 0.2) is 11.5 Å². The van der Waals surface area contributed by atoms with Crippen molar-refractivity contribution in [3.05, 3.63) is 60.2 Å². The largest absolute Gasteiger partial charge is 0.493 e. The van der Waals surface area contributed by atoms with Gasteiger partial charge in [0.1, 0.15) is 17.3 Å². The lowest BCUT2D eigenvalue weighted by Crippen LogP contribution is -2.32. The molecule has 0 bridgehead atoms.